The van der Waals surface area contributed by atoms with Crippen LogP contribution in [0, 0.1) is 10.1 Å². The number of hydrogen-bond acceptors (Lipinski definition) is 7. The number of nitro groups is 1. The van der Waals surface area contributed by atoms with E-state index in [0.29, 0.717) is 25.7 Å². The zero-order valence-electron chi connectivity index (χ0n) is 17.1. The fourth-order valence-electron chi connectivity index (χ4n) is 4.76. The molecule has 4 rings (SSSR count). The number of carbonyl (C=O) groups is 2. The Morgan fingerprint density at radius 3 is 1.81 bits per heavy atom. The van der Waals surface area contributed by atoms with Gasteiger partial charge in [0.15, 0.2) is 0 Å². The molecule has 1 saturated heterocycles. The summed E-state index contributed by atoms with van der Waals surface area (Å²) in [5.74, 6) is -2.34. The number of carbonyl (C=O) groups excluding carboxylic acids is 2. The fraction of sp³-hybridized carbons (Fsp3) is 0.600. The zero-order chi connectivity index (χ0) is 22.2. The lowest BCUT2D eigenvalue weighted by molar-refractivity contribution is -0.402. The highest BCUT2D eigenvalue weighted by Gasteiger charge is 2.51. The topological polar surface area (TPSA) is 131 Å². The van der Waals surface area contributed by atoms with Gasteiger partial charge in [-0.25, -0.2) is 8.61 Å². The minimum atomic E-state index is -4.31. The second kappa shape index (κ2) is 8.45. The maximum absolute atomic E-state index is 13.5. The molecule has 11 heteroatoms. The van der Waals surface area contributed by atoms with Crippen molar-refractivity contribution in [3.8, 4) is 0 Å². The number of rotatable bonds is 4. The van der Waals surface area contributed by atoms with E-state index in [0.717, 1.165) is 59.3 Å². The zero-order valence-corrected chi connectivity index (χ0v) is 17.9. The van der Waals surface area contributed by atoms with Crippen LogP contribution >= 0.6 is 0 Å². The summed E-state index contributed by atoms with van der Waals surface area (Å²) in [6.45, 7) is 0. The molecule has 0 bridgehead atoms. The third-order valence-corrected chi connectivity index (χ3v) is 8.17. The van der Waals surface area contributed by atoms with Gasteiger partial charge >= 0.3 is 16.1 Å². The third kappa shape index (κ3) is 3.98. The monoisotopic (exact) mass is 451 g/mol. The molecule has 2 heterocycles. The van der Waals surface area contributed by atoms with Crippen molar-refractivity contribution in [3.63, 3.8) is 0 Å². The lowest BCUT2D eigenvalue weighted by Crippen LogP contribution is -2.62. The molecule has 2 saturated carbocycles. The van der Waals surface area contributed by atoms with Crippen LogP contribution in [0.4, 0.5) is 5.88 Å². The van der Waals surface area contributed by atoms with Crippen molar-refractivity contribution in [1.82, 2.24) is 8.61 Å². The standard InChI is InChI=1S/C20H25N3O7S/c24-19-17(13-16-11-12-18(30-16)23(26)27)20(25)22(15-9-5-2-6-10-15)31(28,29)21(19)14-7-3-1-4-8-14/h11-15H,1-10H2. The SMILES string of the molecule is O=C1C(=Cc2ccc([N+](=O)[O-])o2)C(=O)N(C2CCCCC2)S(=O)(=O)N1C1CCCCC1. The summed E-state index contributed by atoms with van der Waals surface area (Å²) in [4.78, 5) is 36.7. The Morgan fingerprint density at radius 1 is 0.903 bits per heavy atom. The first-order valence-electron chi connectivity index (χ1n) is 10.7. The largest absolute Gasteiger partial charge is 0.433 e. The molecule has 2 amide bonds. The maximum Gasteiger partial charge on any atom is 0.433 e. The van der Waals surface area contributed by atoms with Crippen LogP contribution < -0.4 is 0 Å². The molecule has 1 aromatic rings. The van der Waals surface area contributed by atoms with Crippen molar-refractivity contribution >= 4 is 34.0 Å². The molecule has 0 spiro atoms. The van der Waals surface area contributed by atoms with Gasteiger partial charge < -0.3 is 4.42 Å². The predicted molar refractivity (Wildman–Crippen MR) is 110 cm³/mol. The molecule has 3 aliphatic rings. The quantitative estimate of drug-likeness (QED) is 0.297. The van der Waals surface area contributed by atoms with E-state index in [2.05, 4.69) is 0 Å². The predicted octanol–water partition coefficient (Wildman–Crippen LogP) is 3.15. The van der Waals surface area contributed by atoms with E-state index in [-0.39, 0.29) is 11.3 Å². The normalized spacial score (nSPS) is 23.3. The summed E-state index contributed by atoms with van der Waals surface area (Å²) in [6, 6.07) is 1.41. The minimum Gasteiger partial charge on any atom is -0.401 e. The Balaban J connectivity index is 1.78. The van der Waals surface area contributed by atoms with Gasteiger partial charge in [-0.1, -0.05) is 38.5 Å². The summed E-state index contributed by atoms with van der Waals surface area (Å²) in [6.07, 6.45) is 8.52. The molecule has 0 aromatic carbocycles. The molecule has 0 unspecified atom stereocenters. The highest BCUT2D eigenvalue weighted by molar-refractivity contribution is 7.88. The van der Waals surface area contributed by atoms with Crippen molar-refractivity contribution in [2.24, 2.45) is 0 Å². The van der Waals surface area contributed by atoms with Gasteiger partial charge in [0.1, 0.15) is 16.3 Å². The van der Waals surface area contributed by atoms with Gasteiger partial charge in [0.2, 0.25) is 0 Å². The van der Waals surface area contributed by atoms with Gasteiger partial charge in [0.25, 0.3) is 11.8 Å². The second-order valence-electron chi connectivity index (χ2n) is 8.28. The van der Waals surface area contributed by atoms with Crippen molar-refractivity contribution in [1.29, 1.82) is 0 Å². The summed E-state index contributed by atoms with van der Waals surface area (Å²) >= 11 is 0. The van der Waals surface area contributed by atoms with Crippen LogP contribution in [-0.4, -0.2) is 45.8 Å². The van der Waals surface area contributed by atoms with Gasteiger partial charge in [-0.3, -0.25) is 19.7 Å². The first-order chi connectivity index (χ1) is 14.8. The van der Waals surface area contributed by atoms with E-state index in [1.807, 2.05) is 0 Å². The second-order valence-corrected chi connectivity index (χ2v) is 9.97. The Bertz CT molecular complexity index is 971. The smallest absolute Gasteiger partial charge is 0.401 e. The number of furan rings is 1. The van der Waals surface area contributed by atoms with Crippen molar-refractivity contribution in [2.45, 2.75) is 76.3 Å². The van der Waals surface area contributed by atoms with Crippen LogP contribution in [-0.2, 0) is 19.8 Å². The first kappa shape index (κ1) is 21.5. The highest BCUT2D eigenvalue weighted by Crippen LogP contribution is 2.36. The minimum absolute atomic E-state index is 0.0464. The molecule has 3 fully saturated rings. The maximum atomic E-state index is 13.5. The van der Waals surface area contributed by atoms with E-state index in [9.17, 15) is 28.1 Å². The van der Waals surface area contributed by atoms with Crippen molar-refractivity contribution in [2.75, 3.05) is 0 Å². The van der Waals surface area contributed by atoms with E-state index >= 15 is 0 Å². The molecule has 0 radical (unpaired) electrons. The summed E-state index contributed by atoms with van der Waals surface area (Å²) in [5, 5.41) is 10.9. The van der Waals surface area contributed by atoms with Crippen molar-refractivity contribution < 1.29 is 27.3 Å². The highest BCUT2D eigenvalue weighted by atomic mass is 32.2. The number of hydrogen-bond donors (Lipinski definition) is 0. The van der Waals surface area contributed by atoms with E-state index in [1.165, 1.54) is 6.07 Å². The molecule has 1 aliphatic heterocycles. The Morgan fingerprint density at radius 2 is 1.39 bits per heavy atom. The van der Waals surface area contributed by atoms with Gasteiger partial charge in [0.05, 0.1) is 6.07 Å². The molecule has 31 heavy (non-hydrogen) atoms. The summed E-state index contributed by atoms with van der Waals surface area (Å²) in [7, 11) is -4.31. The number of nitrogens with zero attached hydrogens (tertiary/aromatic N) is 3. The van der Waals surface area contributed by atoms with Crippen LogP contribution in [0.2, 0.25) is 0 Å². The Labute approximate surface area is 180 Å². The molecule has 2 aliphatic carbocycles. The van der Waals surface area contributed by atoms with Crippen molar-refractivity contribution in [3.05, 3.63) is 33.6 Å². The molecular formula is C20H25N3O7S. The molecule has 10 nitrogen and oxygen atoms in total. The summed E-state index contributed by atoms with van der Waals surface area (Å²) < 4.78 is 33.8. The van der Waals surface area contributed by atoms with Crippen LogP contribution in [0.5, 0.6) is 0 Å². The Kier molecular flexibility index (Phi) is 5.87. The van der Waals surface area contributed by atoms with E-state index in [1.54, 1.807) is 0 Å². The van der Waals surface area contributed by atoms with Gasteiger partial charge in [-0.2, -0.15) is 8.42 Å². The lowest BCUT2D eigenvalue weighted by atomic mass is 9.94. The molecule has 1 aromatic heterocycles. The Hall–Kier alpha value is -2.69. The van der Waals surface area contributed by atoms with Gasteiger partial charge in [-0.15, -0.1) is 0 Å². The summed E-state index contributed by atoms with van der Waals surface area (Å²) in [5.41, 5.74) is -0.338. The van der Waals surface area contributed by atoms with Crippen LogP contribution in [0.1, 0.15) is 70.0 Å². The van der Waals surface area contributed by atoms with Crippen LogP contribution in [0.15, 0.2) is 22.1 Å². The van der Waals surface area contributed by atoms with E-state index in [4.69, 9.17) is 4.42 Å². The van der Waals surface area contributed by atoms with Crippen LogP contribution in [0.3, 0.4) is 0 Å². The molecule has 0 atom stereocenters. The molecule has 0 N–H and O–H groups in total. The number of amides is 2. The van der Waals surface area contributed by atoms with Gasteiger partial charge in [0, 0.05) is 12.1 Å². The fourth-order valence-corrected chi connectivity index (χ4v) is 6.74. The average molecular weight is 452 g/mol. The van der Waals surface area contributed by atoms with E-state index < -0.39 is 44.9 Å². The third-order valence-electron chi connectivity index (χ3n) is 6.25. The molecular weight excluding hydrogens is 426 g/mol. The lowest BCUT2D eigenvalue weighted by Gasteiger charge is -2.44. The first-order valence-corrected chi connectivity index (χ1v) is 12.1. The average Bonchev–Trinajstić information content (AvgIpc) is 3.21. The molecule has 168 valence electrons. The van der Waals surface area contributed by atoms with Gasteiger partial charge in [-0.05, 0) is 37.8 Å². The van der Waals surface area contributed by atoms with Crippen LogP contribution in [0.25, 0.3) is 6.08 Å².